The molecular weight excluding hydrogens is 152 g/mol. The summed E-state index contributed by atoms with van der Waals surface area (Å²) in [6, 6.07) is 0. The third-order valence-corrected chi connectivity index (χ3v) is 3.03. The van der Waals surface area contributed by atoms with Gasteiger partial charge in [-0.3, -0.25) is 4.79 Å². The van der Waals surface area contributed by atoms with Crippen LogP contribution in [0.25, 0.3) is 0 Å². The highest BCUT2D eigenvalue weighted by Gasteiger charge is 2.52. The molecule has 2 nitrogen and oxygen atoms in total. The third kappa shape index (κ3) is 1.26. The van der Waals surface area contributed by atoms with Crippen LogP contribution < -0.4 is 0 Å². The highest BCUT2D eigenvalue weighted by Crippen LogP contribution is 2.51. The number of carboxylic acids is 1. The van der Waals surface area contributed by atoms with Gasteiger partial charge in [0.15, 0.2) is 0 Å². The van der Waals surface area contributed by atoms with Crippen molar-refractivity contribution in [2.75, 3.05) is 0 Å². The van der Waals surface area contributed by atoms with Crippen LogP contribution in [0.4, 0.5) is 0 Å². The molecule has 0 radical (unpaired) electrons. The van der Waals surface area contributed by atoms with Gasteiger partial charge in [-0.25, -0.2) is 0 Å². The summed E-state index contributed by atoms with van der Waals surface area (Å²) < 4.78 is 0. The maximum absolute atomic E-state index is 10.7. The van der Waals surface area contributed by atoms with Crippen LogP contribution in [0.15, 0.2) is 12.2 Å². The van der Waals surface area contributed by atoms with E-state index in [2.05, 4.69) is 12.2 Å². The molecule has 3 atom stereocenters. The molecule has 0 bridgehead atoms. The van der Waals surface area contributed by atoms with Gasteiger partial charge in [0, 0.05) is 0 Å². The zero-order chi connectivity index (χ0) is 8.55. The summed E-state index contributed by atoms with van der Waals surface area (Å²) in [5.74, 6) is 0.165. The molecule has 1 saturated carbocycles. The van der Waals surface area contributed by atoms with Crippen molar-refractivity contribution >= 4 is 5.97 Å². The molecule has 1 N–H and O–H groups in total. The number of carboxylic acid groups (broad SMARTS) is 1. The Hall–Kier alpha value is -0.790. The second kappa shape index (κ2) is 2.92. The Kier molecular flexibility index (Phi) is 1.91. The molecule has 0 aromatic heterocycles. The fraction of sp³-hybridized carbons (Fsp3) is 0.700. The van der Waals surface area contributed by atoms with Crippen LogP contribution in [0.2, 0.25) is 0 Å². The van der Waals surface area contributed by atoms with Crippen LogP contribution >= 0.6 is 0 Å². The zero-order valence-corrected chi connectivity index (χ0v) is 7.07. The maximum Gasteiger partial charge on any atom is 0.307 e. The van der Waals surface area contributed by atoms with Gasteiger partial charge in [0.1, 0.15) is 0 Å². The van der Waals surface area contributed by atoms with Crippen LogP contribution in [0.5, 0.6) is 0 Å². The van der Waals surface area contributed by atoms with Gasteiger partial charge < -0.3 is 5.11 Å². The third-order valence-electron chi connectivity index (χ3n) is 3.03. The predicted octanol–water partition coefficient (Wildman–Crippen LogP) is 2.06. The molecular formula is C10H14O2. The van der Waals surface area contributed by atoms with E-state index in [1.165, 1.54) is 12.8 Å². The average Bonchev–Trinajstić information content (AvgIpc) is 2.60. The van der Waals surface area contributed by atoms with Crippen molar-refractivity contribution in [1.82, 2.24) is 0 Å². The summed E-state index contributed by atoms with van der Waals surface area (Å²) in [6.45, 7) is 0. The summed E-state index contributed by atoms with van der Waals surface area (Å²) in [4.78, 5) is 10.7. The van der Waals surface area contributed by atoms with Gasteiger partial charge >= 0.3 is 5.97 Å². The van der Waals surface area contributed by atoms with Crippen molar-refractivity contribution in [2.45, 2.75) is 25.7 Å². The Bertz CT molecular complexity index is 220. The van der Waals surface area contributed by atoms with E-state index >= 15 is 0 Å². The minimum Gasteiger partial charge on any atom is -0.481 e. The lowest BCUT2D eigenvalue weighted by Crippen LogP contribution is -1.99. The number of rotatable bonds is 1. The predicted molar refractivity (Wildman–Crippen MR) is 45.7 cm³/mol. The molecule has 1 fully saturated rings. The summed E-state index contributed by atoms with van der Waals surface area (Å²) in [7, 11) is 0. The lowest BCUT2D eigenvalue weighted by Gasteiger charge is -1.99. The first-order chi connectivity index (χ1) is 5.80. The van der Waals surface area contributed by atoms with Crippen LogP contribution in [-0.2, 0) is 4.79 Å². The maximum atomic E-state index is 10.7. The topological polar surface area (TPSA) is 37.3 Å². The standard InChI is InChI=1S/C10H14O2/c11-10(12)9-7-5-3-1-2-4-6-8(7)9/h3,5,7-9H,1-2,4,6H2,(H,11,12)/t7-,8-,9-/m0/s1. The van der Waals surface area contributed by atoms with Crippen LogP contribution in [0, 0.1) is 17.8 Å². The van der Waals surface area contributed by atoms with E-state index in [9.17, 15) is 4.79 Å². The van der Waals surface area contributed by atoms with Crippen molar-refractivity contribution in [3.8, 4) is 0 Å². The van der Waals surface area contributed by atoms with E-state index in [-0.39, 0.29) is 5.92 Å². The molecule has 0 amide bonds. The van der Waals surface area contributed by atoms with E-state index in [1.54, 1.807) is 0 Å². The number of hydrogen-bond donors (Lipinski definition) is 1. The van der Waals surface area contributed by atoms with Crippen molar-refractivity contribution in [1.29, 1.82) is 0 Å². The molecule has 2 aliphatic rings. The number of fused-ring (bicyclic) bond motifs is 1. The molecule has 0 aromatic carbocycles. The molecule has 0 aromatic rings. The molecule has 0 spiro atoms. The SMILES string of the molecule is O=C(O)[C@H]1[C@H]2C=CCCCC[C@@H]21. The Balaban J connectivity index is 2.03. The highest BCUT2D eigenvalue weighted by atomic mass is 16.4. The minimum absolute atomic E-state index is 0.0562. The van der Waals surface area contributed by atoms with Crippen molar-refractivity contribution in [3.05, 3.63) is 12.2 Å². The van der Waals surface area contributed by atoms with Crippen molar-refractivity contribution in [3.63, 3.8) is 0 Å². The fourth-order valence-corrected chi connectivity index (χ4v) is 2.28. The van der Waals surface area contributed by atoms with Gasteiger partial charge in [-0.05, 0) is 31.1 Å². The Morgan fingerprint density at radius 2 is 2.25 bits per heavy atom. The van der Waals surface area contributed by atoms with Gasteiger partial charge in [-0.15, -0.1) is 0 Å². The molecule has 66 valence electrons. The average molecular weight is 166 g/mol. The largest absolute Gasteiger partial charge is 0.481 e. The van der Waals surface area contributed by atoms with Gasteiger partial charge in [-0.2, -0.15) is 0 Å². The first-order valence-electron chi connectivity index (χ1n) is 4.70. The summed E-state index contributed by atoms with van der Waals surface area (Å²) in [6.07, 6.45) is 8.95. The van der Waals surface area contributed by atoms with Crippen LogP contribution in [0.3, 0.4) is 0 Å². The van der Waals surface area contributed by atoms with Crippen molar-refractivity contribution in [2.24, 2.45) is 17.8 Å². The van der Waals surface area contributed by atoms with Crippen molar-refractivity contribution < 1.29 is 9.90 Å². The van der Waals surface area contributed by atoms with E-state index in [1.807, 2.05) is 0 Å². The number of aliphatic carboxylic acids is 1. The molecule has 2 heteroatoms. The van der Waals surface area contributed by atoms with E-state index < -0.39 is 5.97 Å². The zero-order valence-electron chi connectivity index (χ0n) is 7.07. The quantitative estimate of drug-likeness (QED) is 0.605. The highest BCUT2D eigenvalue weighted by molar-refractivity contribution is 5.74. The fourth-order valence-electron chi connectivity index (χ4n) is 2.28. The summed E-state index contributed by atoms with van der Waals surface area (Å²) >= 11 is 0. The smallest absolute Gasteiger partial charge is 0.307 e. The molecule has 0 saturated heterocycles. The monoisotopic (exact) mass is 166 g/mol. The first kappa shape index (κ1) is 7.84. The Labute approximate surface area is 72.3 Å². The second-order valence-corrected chi connectivity index (χ2v) is 3.82. The van der Waals surface area contributed by atoms with Gasteiger partial charge in [-0.1, -0.05) is 18.6 Å². The van der Waals surface area contributed by atoms with E-state index in [0.717, 1.165) is 12.8 Å². The molecule has 12 heavy (non-hydrogen) atoms. The summed E-state index contributed by atoms with van der Waals surface area (Å²) in [5, 5.41) is 8.83. The van der Waals surface area contributed by atoms with Crippen LogP contribution in [-0.4, -0.2) is 11.1 Å². The second-order valence-electron chi connectivity index (χ2n) is 3.82. The first-order valence-corrected chi connectivity index (χ1v) is 4.70. The normalized spacial score (nSPS) is 39.5. The number of hydrogen-bond acceptors (Lipinski definition) is 1. The Morgan fingerprint density at radius 1 is 1.42 bits per heavy atom. The summed E-state index contributed by atoms with van der Waals surface area (Å²) in [5.41, 5.74) is 0. The molecule has 0 aliphatic heterocycles. The Morgan fingerprint density at radius 3 is 3.00 bits per heavy atom. The number of allylic oxidation sites excluding steroid dienone is 2. The number of carbonyl (C=O) groups is 1. The molecule has 0 heterocycles. The van der Waals surface area contributed by atoms with Gasteiger partial charge in [0.05, 0.1) is 5.92 Å². The van der Waals surface area contributed by atoms with E-state index in [0.29, 0.717) is 11.8 Å². The molecule has 2 aliphatic carbocycles. The molecule has 0 unspecified atom stereocenters. The lowest BCUT2D eigenvalue weighted by atomic mass is 10.1. The van der Waals surface area contributed by atoms with Gasteiger partial charge in [0.25, 0.3) is 0 Å². The van der Waals surface area contributed by atoms with Crippen LogP contribution in [0.1, 0.15) is 25.7 Å². The lowest BCUT2D eigenvalue weighted by molar-refractivity contribution is -0.139. The minimum atomic E-state index is -0.600. The van der Waals surface area contributed by atoms with Gasteiger partial charge in [0.2, 0.25) is 0 Å². The molecule has 2 rings (SSSR count). The van der Waals surface area contributed by atoms with E-state index in [4.69, 9.17) is 5.11 Å².